The molecular weight excluding hydrogens is 292 g/mol. The van der Waals surface area contributed by atoms with Crippen molar-refractivity contribution < 1.29 is 9.59 Å². The van der Waals surface area contributed by atoms with Gasteiger partial charge in [0.15, 0.2) is 0 Å². The third-order valence-electron chi connectivity index (χ3n) is 5.33. The number of piperazine rings is 1. The first-order valence-electron chi connectivity index (χ1n) is 9.18. The predicted octanol–water partition coefficient (Wildman–Crippen LogP) is 0.284. The second kappa shape index (κ2) is 7.62. The topological polar surface area (TPSA) is 55.9 Å². The average Bonchev–Trinajstić information content (AvgIpc) is 3.39. The summed E-state index contributed by atoms with van der Waals surface area (Å²) < 4.78 is 0. The van der Waals surface area contributed by atoms with Gasteiger partial charge in [-0.1, -0.05) is 0 Å². The first-order valence-corrected chi connectivity index (χ1v) is 9.18. The Kier molecular flexibility index (Phi) is 5.54. The fourth-order valence-electron chi connectivity index (χ4n) is 3.46. The fourth-order valence-corrected chi connectivity index (χ4v) is 3.46. The van der Waals surface area contributed by atoms with Crippen molar-refractivity contribution in [1.29, 1.82) is 0 Å². The molecule has 0 aromatic carbocycles. The summed E-state index contributed by atoms with van der Waals surface area (Å²) in [7, 11) is 0. The van der Waals surface area contributed by atoms with E-state index >= 15 is 0 Å². The van der Waals surface area contributed by atoms with E-state index in [2.05, 4.69) is 15.1 Å². The van der Waals surface area contributed by atoms with Gasteiger partial charge in [0.2, 0.25) is 11.8 Å². The molecule has 0 radical (unpaired) electrons. The van der Waals surface area contributed by atoms with E-state index in [1.54, 1.807) is 0 Å². The van der Waals surface area contributed by atoms with Crippen LogP contribution in [-0.4, -0.2) is 84.4 Å². The summed E-state index contributed by atoms with van der Waals surface area (Å²) in [6.45, 7) is 7.87. The second-order valence-electron chi connectivity index (χ2n) is 7.21. The molecule has 2 saturated heterocycles. The van der Waals surface area contributed by atoms with Crippen LogP contribution in [0.25, 0.3) is 0 Å². The molecule has 1 unspecified atom stereocenters. The smallest absolute Gasteiger partial charge is 0.237 e. The lowest BCUT2D eigenvalue weighted by molar-refractivity contribution is -0.134. The van der Waals surface area contributed by atoms with Gasteiger partial charge in [-0.05, 0) is 39.0 Å². The van der Waals surface area contributed by atoms with Crippen LogP contribution in [0, 0.1) is 0 Å². The standard InChI is InChI=1S/C17H30N4O2/c1-14(17(23)18-15-5-6-15)20-11-9-19(10-12-20)13-16(22)21-7-3-2-4-8-21/h14-15H,2-13H2,1H3,(H,18,23). The van der Waals surface area contributed by atoms with Crippen LogP contribution in [0.4, 0.5) is 0 Å². The molecule has 130 valence electrons. The first-order chi connectivity index (χ1) is 11.1. The highest BCUT2D eigenvalue weighted by molar-refractivity contribution is 5.82. The van der Waals surface area contributed by atoms with E-state index in [4.69, 9.17) is 0 Å². The maximum absolute atomic E-state index is 12.3. The Morgan fingerprint density at radius 1 is 1.00 bits per heavy atom. The largest absolute Gasteiger partial charge is 0.352 e. The summed E-state index contributed by atoms with van der Waals surface area (Å²) in [6.07, 6.45) is 5.80. The molecule has 0 aromatic rings. The molecule has 0 bridgehead atoms. The Bertz CT molecular complexity index is 424. The number of carbonyl (C=O) groups excluding carboxylic acids is 2. The minimum absolute atomic E-state index is 0.0597. The normalized spacial score (nSPS) is 25.2. The molecule has 0 aromatic heterocycles. The van der Waals surface area contributed by atoms with Gasteiger partial charge >= 0.3 is 0 Å². The molecule has 23 heavy (non-hydrogen) atoms. The van der Waals surface area contributed by atoms with Gasteiger partial charge in [0, 0.05) is 45.3 Å². The number of nitrogens with one attached hydrogen (secondary N) is 1. The Hall–Kier alpha value is -1.14. The third-order valence-corrected chi connectivity index (χ3v) is 5.33. The minimum Gasteiger partial charge on any atom is -0.352 e. The zero-order valence-corrected chi connectivity index (χ0v) is 14.3. The molecule has 2 aliphatic heterocycles. The third kappa shape index (κ3) is 4.67. The average molecular weight is 322 g/mol. The number of amides is 2. The highest BCUT2D eigenvalue weighted by atomic mass is 16.2. The molecule has 1 aliphatic carbocycles. The van der Waals surface area contributed by atoms with Crippen molar-refractivity contribution >= 4 is 11.8 Å². The summed E-state index contributed by atoms with van der Waals surface area (Å²) in [5, 5.41) is 3.08. The summed E-state index contributed by atoms with van der Waals surface area (Å²) >= 11 is 0. The van der Waals surface area contributed by atoms with Crippen LogP contribution in [0.15, 0.2) is 0 Å². The zero-order valence-electron chi connectivity index (χ0n) is 14.3. The van der Waals surface area contributed by atoms with Crippen LogP contribution in [0.5, 0.6) is 0 Å². The van der Waals surface area contributed by atoms with Crippen LogP contribution in [0.2, 0.25) is 0 Å². The van der Waals surface area contributed by atoms with Crippen molar-refractivity contribution in [3.8, 4) is 0 Å². The molecule has 1 atom stereocenters. The van der Waals surface area contributed by atoms with Gasteiger partial charge in [-0.25, -0.2) is 0 Å². The number of likely N-dealkylation sites (tertiary alicyclic amines) is 1. The van der Waals surface area contributed by atoms with Gasteiger partial charge in [0.1, 0.15) is 0 Å². The van der Waals surface area contributed by atoms with Crippen molar-refractivity contribution in [3.63, 3.8) is 0 Å². The first kappa shape index (κ1) is 16.7. The molecule has 3 aliphatic rings. The monoisotopic (exact) mass is 322 g/mol. The Morgan fingerprint density at radius 2 is 1.65 bits per heavy atom. The van der Waals surface area contributed by atoms with E-state index in [1.807, 2.05) is 11.8 Å². The number of hydrogen-bond acceptors (Lipinski definition) is 4. The summed E-state index contributed by atoms with van der Waals surface area (Å²) in [5.41, 5.74) is 0. The van der Waals surface area contributed by atoms with E-state index in [9.17, 15) is 9.59 Å². The van der Waals surface area contributed by atoms with E-state index in [1.165, 1.54) is 6.42 Å². The fraction of sp³-hybridized carbons (Fsp3) is 0.882. The molecule has 3 rings (SSSR count). The molecule has 0 spiro atoms. The molecule has 1 N–H and O–H groups in total. The van der Waals surface area contributed by atoms with Crippen LogP contribution in [0.3, 0.4) is 0 Å². The van der Waals surface area contributed by atoms with Gasteiger partial charge < -0.3 is 10.2 Å². The van der Waals surface area contributed by atoms with Crippen molar-refractivity contribution in [2.75, 3.05) is 45.8 Å². The molecule has 6 nitrogen and oxygen atoms in total. The Balaban J connectivity index is 1.39. The lowest BCUT2D eigenvalue weighted by Crippen LogP contribution is -2.55. The highest BCUT2D eigenvalue weighted by Gasteiger charge is 2.30. The van der Waals surface area contributed by atoms with Crippen molar-refractivity contribution in [3.05, 3.63) is 0 Å². The van der Waals surface area contributed by atoms with Gasteiger partial charge in [-0.3, -0.25) is 19.4 Å². The zero-order chi connectivity index (χ0) is 16.2. The number of piperidine rings is 1. The summed E-state index contributed by atoms with van der Waals surface area (Å²) in [4.78, 5) is 30.9. The van der Waals surface area contributed by atoms with E-state index in [0.29, 0.717) is 12.6 Å². The van der Waals surface area contributed by atoms with Crippen LogP contribution in [0.1, 0.15) is 39.0 Å². The Labute approximate surface area is 139 Å². The number of hydrogen-bond donors (Lipinski definition) is 1. The molecule has 2 heterocycles. The molecule has 2 amide bonds. The lowest BCUT2D eigenvalue weighted by Gasteiger charge is -2.38. The minimum atomic E-state index is -0.0597. The predicted molar refractivity (Wildman–Crippen MR) is 89.1 cm³/mol. The van der Waals surface area contributed by atoms with Crippen LogP contribution < -0.4 is 5.32 Å². The molecule has 6 heteroatoms. The lowest BCUT2D eigenvalue weighted by atomic mass is 10.1. The Morgan fingerprint density at radius 3 is 2.26 bits per heavy atom. The van der Waals surface area contributed by atoms with Gasteiger partial charge in [-0.15, -0.1) is 0 Å². The molecule has 1 saturated carbocycles. The van der Waals surface area contributed by atoms with E-state index < -0.39 is 0 Å². The molecular formula is C17H30N4O2. The number of nitrogens with zero attached hydrogens (tertiary/aromatic N) is 3. The van der Waals surface area contributed by atoms with Crippen molar-refractivity contribution in [2.24, 2.45) is 0 Å². The maximum atomic E-state index is 12.3. The van der Waals surface area contributed by atoms with Crippen LogP contribution >= 0.6 is 0 Å². The van der Waals surface area contributed by atoms with Crippen molar-refractivity contribution in [1.82, 2.24) is 20.0 Å². The number of carbonyl (C=O) groups is 2. The summed E-state index contributed by atoms with van der Waals surface area (Å²) in [6, 6.07) is 0.365. The van der Waals surface area contributed by atoms with Gasteiger partial charge in [0.05, 0.1) is 12.6 Å². The van der Waals surface area contributed by atoms with E-state index in [0.717, 1.165) is 65.0 Å². The van der Waals surface area contributed by atoms with Gasteiger partial charge in [0.25, 0.3) is 0 Å². The number of rotatable bonds is 5. The quantitative estimate of drug-likeness (QED) is 0.790. The second-order valence-corrected chi connectivity index (χ2v) is 7.21. The van der Waals surface area contributed by atoms with Gasteiger partial charge in [-0.2, -0.15) is 0 Å². The van der Waals surface area contributed by atoms with E-state index in [-0.39, 0.29) is 17.9 Å². The SMILES string of the molecule is CC(C(=O)NC1CC1)N1CCN(CC(=O)N2CCCCC2)CC1. The summed E-state index contributed by atoms with van der Waals surface area (Å²) in [5.74, 6) is 0.433. The maximum Gasteiger partial charge on any atom is 0.237 e. The molecule has 3 fully saturated rings. The highest BCUT2D eigenvalue weighted by Crippen LogP contribution is 2.19. The van der Waals surface area contributed by atoms with Crippen LogP contribution in [-0.2, 0) is 9.59 Å². The van der Waals surface area contributed by atoms with Crippen molar-refractivity contribution in [2.45, 2.75) is 51.1 Å².